The van der Waals surface area contributed by atoms with Crippen LogP contribution in [0.3, 0.4) is 0 Å². The molecule has 1 N–H and O–H groups in total. The molecule has 0 spiro atoms. The molecule has 0 aliphatic heterocycles. The Labute approximate surface area is 81.4 Å². The van der Waals surface area contributed by atoms with Crippen molar-refractivity contribution in [2.75, 3.05) is 6.61 Å². The molecule has 13 heavy (non-hydrogen) atoms. The van der Waals surface area contributed by atoms with E-state index in [1.165, 1.54) is 0 Å². The predicted octanol–water partition coefficient (Wildman–Crippen LogP) is 2.06. The summed E-state index contributed by atoms with van der Waals surface area (Å²) >= 11 is 0. The molecule has 0 heterocycles. The first-order chi connectivity index (χ1) is 5.95. The number of carbonyl (C=O) groups excluding carboxylic acids is 1. The van der Waals surface area contributed by atoms with E-state index in [2.05, 4.69) is 19.6 Å². The first-order valence-electron chi connectivity index (χ1n) is 5.08. The van der Waals surface area contributed by atoms with Gasteiger partial charge in [0.15, 0.2) is 0 Å². The van der Waals surface area contributed by atoms with Crippen molar-refractivity contribution in [2.24, 2.45) is 5.92 Å². The van der Waals surface area contributed by atoms with Crippen LogP contribution in [0.2, 0.25) is 25.2 Å². The second-order valence-electron chi connectivity index (χ2n) is 5.19. The maximum absolute atomic E-state index is 11.5. The molecule has 1 aliphatic carbocycles. The lowest BCUT2D eigenvalue weighted by molar-refractivity contribution is -0.125. The van der Waals surface area contributed by atoms with Gasteiger partial charge in [-0.05, 0) is 12.0 Å². The van der Waals surface area contributed by atoms with E-state index in [0.717, 1.165) is 19.3 Å². The van der Waals surface area contributed by atoms with Gasteiger partial charge in [0.25, 0.3) is 0 Å². The molecule has 2 nitrogen and oxygen atoms in total. The van der Waals surface area contributed by atoms with Crippen molar-refractivity contribution in [3.63, 3.8) is 0 Å². The molecule has 1 saturated carbocycles. The second kappa shape index (κ2) is 3.92. The van der Waals surface area contributed by atoms with Crippen molar-refractivity contribution in [3.05, 3.63) is 0 Å². The highest BCUT2D eigenvalue weighted by atomic mass is 28.3. The lowest BCUT2D eigenvalue weighted by Crippen LogP contribution is -2.36. The molecule has 0 saturated heterocycles. The molecule has 1 aliphatic rings. The van der Waals surface area contributed by atoms with Crippen LogP contribution in [0.4, 0.5) is 0 Å². The molecule has 0 aromatic heterocycles. The van der Waals surface area contributed by atoms with Crippen molar-refractivity contribution in [1.82, 2.24) is 0 Å². The van der Waals surface area contributed by atoms with E-state index < -0.39 is 8.07 Å². The van der Waals surface area contributed by atoms with E-state index in [0.29, 0.717) is 11.3 Å². The van der Waals surface area contributed by atoms with Crippen LogP contribution in [-0.4, -0.2) is 25.6 Å². The summed E-state index contributed by atoms with van der Waals surface area (Å²) in [6.07, 6.45) is 2.78. The highest BCUT2D eigenvalue weighted by Gasteiger charge is 2.35. The molecule has 76 valence electrons. The molecular weight excluding hydrogens is 180 g/mol. The van der Waals surface area contributed by atoms with Gasteiger partial charge in [-0.25, -0.2) is 0 Å². The van der Waals surface area contributed by atoms with Crippen LogP contribution in [0.15, 0.2) is 0 Å². The van der Waals surface area contributed by atoms with E-state index in [1.54, 1.807) is 0 Å². The van der Waals surface area contributed by atoms with E-state index in [4.69, 9.17) is 5.11 Å². The molecule has 1 rings (SSSR count). The van der Waals surface area contributed by atoms with Gasteiger partial charge in [-0.3, -0.25) is 4.79 Å². The number of Topliss-reactive ketones (excluding diaryl/α,β-unsaturated/α-hetero) is 1. The predicted molar refractivity (Wildman–Crippen MR) is 56.5 cm³/mol. The Kier molecular flexibility index (Phi) is 3.30. The summed E-state index contributed by atoms with van der Waals surface area (Å²) in [5.74, 6) is 0.244. The highest BCUT2D eigenvalue weighted by Crippen LogP contribution is 2.37. The Balaban J connectivity index is 2.56. The minimum absolute atomic E-state index is 0.0485. The fraction of sp³-hybridized carbons (Fsp3) is 0.900. The summed E-state index contributed by atoms with van der Waals surface area (Å²) in [6.45, 7) is 7.02. The summed E-state index contributed by atoms with van der Waals surface area (Å²) < 4.78 is 0. The van der Waals surface area contributed by atoms with Crippen LogP contribution < -0.4 is 0 Å². The molecule has 1 fully saturated rings. The molecule has 0 aromatic carbocycles. The molecule has 2 atom stereocenters. The van der Waals surface area contributed by atoms with E-state index in [-0.39, 0.29) is 12.5 Å². The number of aliphatic hydroxyl groups excluding tert-OH is 1. The quantitative estimate of drug-likeness (QED) is 0.693. The third-order valence-electron chi connectivity index (χ3n) is 3.21. The van der Waals surface area contributed by atoms with E-state index >= 15 is 0 Å². The number of aliphatic hydroxyl groups is 1. The van der Waals surface area contributed by atoms with Gasteiger partial charge in [-0.15, -0.1) is 0 Å². The van der Waals surface area contributed by atoms with Gasteiger partial charge < -0.3 is 5.11 Å². The zero-order valence-corrected chi connectivity index (χ0v) is 9.84. The fourth-order valence-corrected chi connectivity index (χ4v) is 3.85. The van der Waals surface area contributed by atoms with Crippen molar-refractivity contribution in [2.45, 2.75) is 44.4 Å². The average molecular weight is 200 g/mol. The zero-order valence-electron chi connectivity index (χ0n) is 8.84. The molecular formula is C10H20O2Si. The monoisotopic (exact) mass is 200 g/mol. The van der Waals surface area contributed by atoms with Crippen LogP contribution in [0, 0.1) is 5.92 Å². The normalized spacial score (nSPS) is 30.6. The van der Waals surface area contributed by atoms with Crippen molar-refractivity contribution < 1.29 is 9.90 Å². The number of hydrogen-bond donors (Lipinski definition) is 1. The number of ketones is 1. The SMILES string of the molecule is C[Si](C)(C)C1CC[C@H](CO)C(=O)C1. The maximum Gasteiger partial charge on any atom is 0.138 e. The lowest BCUT2D eigenvalue weighted by Gasteiger charge is -2.34. The van der Waals surface area contributed by atoms with Crippen LogP contribution in [0.5, 0.6) is 0 Å². The first kappa shape index (κ1) is 10.9. The second-order valence-corrected chi connectivity index (χ2v) is 10.7. The van der Waals surface area contributed by atoms with Crippen molar-refractivity contribution in [1.29, 1.82) is 0 Å². The zero-order chi connectivity index (χ0) is 10.1. The Morgan fingerprint density at radius 2 is 2.00 bits per heavy atom. The summed E-state index contributed by atoms with van der Waals surface area (Å²) in [4.78, 5) is 11.5. The largest absolute Gasteiger partial charge is 0.396 e. The first-order valence-corrected chi connectivity index (χ1v) is 8.66. The highest BCUT2D eigenvalue weighted by molar-refractivity contribution is 6.77. The number of carbonyl (C=O) groups is 1. The fourth-order valence-electron chi connectivity index (χ4n) is 2.01. The minimum atomic E-state index is -1.14. The van der Waals surface area contributed by atoms with Gasteiger partial charge in [0, 0.05) is 20.4 Å². The molecule has 0 aromatic rings. The number of rotatable bonds is 2. The standard InChI is InChI=1S/C10H20O2Si/c1-13(2,3)9-5-4-8(7-11)10(12)6-9/h8-9,11H,4-7H2,1-3H3/t8-,9?/m1/s1. The Hall–Kier alpha value is -0.153. The van der Waals surface area contributed by atoms with Gasteiger partial charge in [-0.2, -0.15) is 0 Å². The minimum Gasteiger partial charge on any atom is -0.396 e. The van der Waals surface area contributed by atoms with E-state index in [1.807, 2.05) is 0 Å². The van der Waals surface area contributed by atoms with Crippen LogP contribution in [0.1, 0.15) is 19.3 Å². The maximum atomic E-state index is 11.5. The van der Waals surface area contributed by atoms with Gasteiger partial charge in [0.1, 0.15) is 5.78 Å². The lowest BCUT2D eigenvalue weighted by atomic mass is 9.88. The summed E-state index contributed by atoms with van der Waals surface area (Å²) in [5.41, 5.74) is 0.641. The number of hydrogen-bond acceptors (Lipinski definition) is 2. The van der Waals surface area contributed by atoms with Gasteiger partial charge in [-0.1, -0.05) is 26.1 Å². The summed E-state index contributed by atoms with van der Waals surface area (Å²) in [7, 11) is -1.14. The molecule has 3 heteroatoms. The Morgan fingerprint density at radius 1 is 1.38 bits per heavy atom. The van der Waals surface area contributed by atoms with Crippen LogP contribution in [-0.2, 0) is 4.79 Å². The third kappa shape index (κ3) is 2.64. The molecule has 0 bridgehead atoms. The van der Waals surface area contributed by atoms with Crippen molar-refractivity contribution in [3.8, 4) is 0 Å². The van der Waals surface area contributed by atoms with Gasteiger partial charge >= 0.3 is 0 Å². The van der Waals surface area contributed by atoms with E-state index in [9.17, 15) is 4.79 Å². The van der Waals surface area contributed by atoms with Crippen molar-refractivity contribution >= 4 is 13.9 Å². The molecule has 1 unspecified atom stereocenters. The topological polar surface area (TPSA) is 37.3 Å². The molecule has 0 radical (unpaired) electrons. The average Bonchev–Trinajstić information content (AvgIpc) is 2.02. The van der Waals surface area contributed by atoms with Gasteiger partial charge in [0.2, 0.25) is 0 Å². The summed E-state index contributed by atoms with van der Waals surface area (Å²) in [5, 5.41) is 8.94. The van der Waals surface area contributed by atoms with Gasteiger partial charge in [0.05, 0.1) is 6.61 Å². The summed E-state index contributed by atoms with van der Waals surface area (Å²) in [6, 6.07) is 0. The Morgan fingerprint density at radius 3 is 2.38 bits per heavy atom. The van der Waals surface area contributed by atoms with Crippen LogP contribution in [0.25, 0.3) is 0 Å². The van der Waals surface area contributed by atoms with Crippen LogP contribution >= 0.6 is 0 Å². The Bertz CT molecular complexity index is 196. The third-order valence-corrected chi connectivity index (χ3v) is 6.15. The molecule has 0 amide bonds. The smallest absolute Gasteiger partial charge is 0.138 e.